The summed E-state index contributed by atoms with van der Waals surface area (Å²) in [4.78, 5) is 12.5. The highest BCUT2D eigenvalue weighted by Gasteiger charge is 2.43. The molecule has 1 aliphatic rings. The van der Waals surface area contributed by atoms with Gasteiger partial charge in [0.15, 0.2) is 5.78 Å². The normalized spacial score (nSPS) is 22.8. The maximum Gasteiger partial charge on any atom is 0.192 e. The molecule has 0 unspecified atom stereocenters. The molecule has 2 atom stereocenters. The summed E-state index contributed by atoms with van der Waals surface area (Å²) in [5.74, 6) is -0.798. The van der Waals surface area contributed by atoms with Gasteiger partial charge in [-0.2, -0.15) is 0 Å². The number of Topliss-reactive ketones (excluding diaryl/α,β-unsaturated/α-hetero) is 1. The third-order valence-electron chi connectivity index (χ3n) is 4.16. The summed E-state index contributed by atoms with van der Waals surface area (Å²) in [5.41, 5.74) is 2.19. The molecule has 1 aromatic carbocycles. The van der Waals surface area contributed by atoms with Gasteiger partial charge in [0.05, 0.1) is 12.2 Å². The molecule has 0 spiro atoms. The SMILES string of the molecule is COCc1ccc(C)c2c1C(=O)[C@H](O)[C@@H](C(C)(C)O)C2. The van der Waals surface area contributed by atoms with Gasteiger partial charge in [-0.3, -0.25) is 4.79 Å². The van der Waals surface area contributed by atoms with Gasteiger partial charge in [0.25, 0.3) is 0 Å². The third kappa shape index (κ3) is 2.51. The van der Waals surface area contributed by atoms with E-state index in [-0.39, 0.29) is 5.78 Å². The number of methoxy groups -OCH3 is 1. The Bertz CT molecular complexity index is 528. The van der Waals surface area contributed by atoms with Crippen LogP contribution >= 0.6 is 0 Å². The second kappa shape index (κ2) is 5.28. The number of carbonyl (C=O) groups excluding carboxylic acids is 1. The Morgan fingerprint density at radius 1 is 1.40 bits per heavy atom. The van der Waals surface area contributed by atoms with Crippen LogP contribution in [0.3, 0.4) is 0 Å². The van der Waals surface area contributed by atoms with Crippen LogP contribution in [-0.4, -0.2) is 34.8 Å². The largest absolute Gasteiger partial charge is 0.390 e. The zero-order valence-electron chi connectivity index (χ0n) is 12.4. The van der Waals surface area contributed by atoms with Gasteiger partial charge in [-0.1, -0.05) is 12.1 Å². The molecule has 0 aromatic heterocycles. The second-order valence-electron chi connectivity index (χ2n) is 6.10. The van der Waals surface area contributed by atoms with E-state index in [2.05, 4.69) is 0 Å². The molecule has 0 fully saturated rings. The predicted octanol–water partition coefficient (Wildman–Crippen LogP) is 1.63. The molecule has 1 aromatic rings. The number of benzene rings is 1. The Balaban J connectivity index is 2.56. The van der Waals surface area contributed by atoms with Gasteiger partial charge < -0.3 is 14.9 Å². The lowest BCUT2D eigenvalue weighted by Gasteiger charge is -2.37. The number of rotatable bonds is 3. The number of carbonyl (C=O) groups is 1. The number of ketones is 1. The van der Waals surface area contributed by atoms with Gasteiger partial charge in [-0.15, -0.1) is 0 Å². The van der Waals surface area contributed by atoms with Crippen LogP contribution in [0.4, 0.5) is 0 Å². The molecule has 0 saturated heterocycles. The molecule has 0 aliphatic heterocycles. The van der Waals surface area contributed by atoms with E-state index in [1.165, 1.54) is 0 Å². The van der Waals surface area contributed by atoms with E-state index < -0.39 is 17.6 Å². The summed E-state index contributed by atoms with van der Waals surface area (Å²) in [6, 6.07) is 3.83. The van der Waals surface area contributed by atoms with E-state index >= 15 is 0 Å². The molecule has 2 N–H and O–H groups in total. The highest BCUT2D eigenvalue weighted by Crippen LogP contribution is 2.36. The van der Waals surface area contributed by atoms with Crippen molar-refractivity contribution in [3.63, 3.8) is 0 Å². The molecule has 0 radical (unpaired) electrons. The van der Waals surface area contributed by atoms with Gasteiger partial charge in [-0.25, -0.2) is 0 Å². The van der Waals surface area contributed by atoms with Crippen LogP contribution in [0, 0.1) is 12.8 Å². The molecule has 20 heavy (non-hydrogen) atoms. The zero-order chi connectivity index (χ0) is 15.1. The van der Waals surface area contributed by atoms with E-state index in [1.807, 2.05) is 19.1 Å². The molecule has 0 saturated carbocycles. The Morgan fingerprint density at radius 2 is 2.05 bits per heavy atom. The number of ether oxygens (including phenoxy) is 1. The molecule has 4 heteroatoms. The van der Waals surface area contributed by atoms with Crippen LogP contribution in [0.2, 0.25) is 0 Å². The molecular weight excluding hydrogens is 256 g/mol. The fraction of sp³-hybridized carbons (Fsp3) is 0.562. The fourth-order valence-corrected chi connectivity index (χ4v) is 2.94. The van der Waals surface area contributed by atoms with Crippen molar-refractivity contribution in [3.05, 3.63) is 34.4 Å². The number of aryl methyl sites for hydroxylation is 1. The van der Waals surface area contributed by atoms with E-state index in [0.29, 0.717) is 18.6 Å². The Hall–Kier alpha value is -1.23. The minimum absolute atomic E-state index is 0.311. The van der Waals surface area contributed by atoms with Crippen LogP contribution in [0.5, 0.6) is 0 Å². The highest BCUT2D eigenvalue weighted by molar-refractivity contribution is 6.03. The molecule has 4 nitrogen and oxygen atoms in total. The van der Waals surface area contributed by atoms with E-state index in [4.69, 9.17) is 4.74 Å². The van der Waals surface area contributed by atoms with Crippen molar-refractivity contribution < 1.29 is 19.7 Å². The Morgan fingerprint density at radius 3 is 2.60 bits per heavy atom. The molecule has 110 valence electrons. The second-order valence-corrected chi connectivity index (χ2v) is 6.10. The molecule has 0 amide bonds. The zero-order valence-corrected chi connectivity index (χ0v) is 12.4. The minimum Gasteiger partial charge on any atom is -0.390 e. The predicted molar refractivity (Wildman–Crippen MR) is 75.7 cm³/mol. The van der Waals surface area contributed by atoms with Gasteiger partial charge in [-0.05, 0) is 43.9 Å². The minimum atomic E-state index is -1.17. The first kappa shape index (κ1) is 15.2. The first-order valence-electron chi connectivity index (χ1n) is 6.82. The number of hydrogen-bond donors (Lipinski definition) is 2. The number of aliphatic hydroxyl groups excluding tert-OH is 1. The number of fused-ring (bicyclic) bond motifs is 1. The quantitative estimate of drug-likeness (QED) is 0.882. The molecule has 0 heterocycles. The van der Waals surface area contributed by atoms with Gasteiger partial charge >= 0.3 is 0 Å². The van der Waals surface area contributed by atoms with Crippen LogP contribution in [-0.2, 0) is 17.8 Å². The lowest BCUT2D eigenvalue weighted by Crippen LogP contribution is -2.48. The maximum atomic E-state index is 12.5. The molecule has 0 bridgehead atoms. The topological polar surface area (TPSA) is 66.8 Å². The lowest BCUT2D eigenvalue weighted by atomic mass is 9.71. The molecule has 1 aliphatic carbocycles. The van der Waals surface area contributed by atoms with Crippen molar-refractivity contribution in [3.8, 4) is 0 Å². The number of hydrogen-bond acceptors (Lipinski definition) is 4. The molecular formula is C16H22O4. The first-order chi connectivity index (χ1) is 9.27. The van der Waals surface area contributed by atoms with Crippen molar-refractivity contribution in [1.82, 2.24) is 0 Å². The fourth-order valence-electron chi connectivity index (χ4n) is 2.94. The molecule has 2 rings (SSSR count). The van der Waals surface area contributed by atoms with Crippen molar-refractivity contribution in [2.45, 2.75) is 45.5 Å². The standard InChI is InChI=1S/C16H22O4/c1-9-5-6-10(8-20-4)13-11(9)7-12(16(2,3)19)14(17)15(13)18/h5-6,12,14,17,19H,7-8H2,1-4H3/t12-,14+/m0/s1. The van der Waals surface area contributed by atoms with E-state index in [9.17, 15) is 15.0 Å². The van der Waals surface area contributed by atoms with Gasteiger partial charge in [0.1, 0.15) is 6.10 Å². The van der Waals surface area contributed by atoms with Crippen LogP contribution < -0.4 is 0 Å². The first-order valence-corrected chi connectivity index (χ1v) is 6.82. The third-order valence-corrected chi connectivity index (χ3v) is 4.16. The Labute approximate surface area is 119 Å². The van der Waals surface area contributed by atoms with E-state index in [0.717, 1.165) is 16.7 Å². The summed E-state index contributed by atoms with van der Waals surface area (Å²) in [5, 5.41) is 20.4. The average Bonchev–Trinajstić information content (AvgIpc) is 2.35. The van der Waals surface area contributed by atoms with Crippen molar-refractivity contribution >= 4 is 5.78 Å². The highest BCUT2D eigenvalue weighted by atomic mass is 16.5. The summed E-state index contributed by atoms with van der Waals surface area (Å²) in [6.07, 6.45) is -0.672. The van der Waals surface area contributed by atoms with E-state index in [1.54, 1.807) is 21.0 Å². The Kier molecular flexibility index (Phi) is 4.00. The van der Waals surface area contributed by atoms with Crippen molar-refractivity contribution in [1.29, 1.82) is 0 Å². The van der Waals surface area contributed by atoms with Crippen LogP contribution in [0.15, 0.2) is 12.1 Å². The lowest BCUT2D eigenvalue weighted by molar-refractivity contribution is -0.0398. The summed E-state index contributed by atoms with van der Waals surface area (Å²) in [7, 11) is 1.58. The summed E-state index contributed by atoms with van der Waals surface area (Å²) >= 11 is 0. The van der Waals surface area contributed by atoms with Gasteiger partial charge in [0, 0.05) is 18.6 Å². The van der Waals surface area contributed by atoms with Crippen molar-refractivity contribution in [2.75, 3.05) is 7.11 Å². The van der Waals surface area contributed by atoms with Gasteiger partial charge in [0.2, 0.25) is 0 Å². The smallest absolute Gasteiger partial charge is 0.192 e. The van der Waals surface area contributed by atoms with Crippen LogP contribution in [0.1, 0.15) is 40.9 Å². The van der Waals surface area contributed by atoms with Crippen LogP contribution in [0.25, 0.3) is 0 Å². The average molecular weight is 278 g/mol. The monoisotopic (exact) mass is 278 g/mol. The summed E-state index contributed by atoms with van der Waals surface area (Å²) in [6.45, 7) is 5.55. The maximum absolute atomic E-state index is 12.5. The number of aliphatic hydroxyl groups is 2. The summed E-state index contributed by atoms with van der Waals surface area (Å²) < 4.78 is 5.13. The van der Waals surface area contributed by atoms with Crippen molar-refractivity contribution in [2.24, 2.45) is 5.92 Å².